The molecule has 2 heteroatoms. The highest BCUT2D eigenvalue weighted by Crippen LogP contribution is 2.37. The predicted molar refractivity (Wildman–Crippen MR) is 139 cm³/mol. The van der Waals surface area contributed by atoms with E-state index in [1.165, 1.54) is 43.3 Å². The monoisotopic (exact) mass is 438 g/mol. The molecule has 0 spiro atoms. The molecule has 0 saturated heterocycles. The molecule has 0 aromatic heterocycles. The topological polar surface area (TPSA) is 40.5 Å². The fourth-order valence-corrected chi connectivity index (χ4v) is 4.48. The average Bonchev–Trinajstić information content (AvgIpc) is 2.72. The van der Waals surface area contributed by atoms with E-state index < -0.39 is 0 Å². The molecule has 0 amide bonds. The van der Waals surface area contributed by atoms with Gasteiger partial charge in [0.25, 0.3) is 0 Å². The summed E-state index contributed by atoms with van der Waals surface area (Å²) < 4.78 is 0. The molecule has 32 heavy (non-hydrogen) atoms. The number of phenolic OH excluding ortho intramolecular Hbond substituents is 2. The number of phenols is 2. The van der Waals surface area contributed by atoms with E-state index in [9.17, 15) is 10.2 Å². The third kappa shape index (κ3) is 7.87. The molecular weight excluding hydrogens is 392 g/mol. The number of rotatable bonds is 12. The normalized spacial score (nSPS) is 15.6. The molecule has 1 fully saturated rings. The summed E-state index contributed by atoms with van der Waals surface area (Å²) in [7, 11) is 0. The van der Waals surface area contributed by atoms with Crippen LogP contribution in [-0.2, 0) is 6.42 Å². The summed E-state index contributed by atoms with van der Waals surface area (Å²) in [6.07, 6.45) is 20.2. The van der Waals surface area contributed by atoms with Gasteiger partial charge in [-0.2, -0.15) is 0 Å². The summed E-state index contributed by atoms with van der Waals surface area (Å²) >= 11 is 0. The maximum atomic E-state index is 10.5. The van der Waals surface area contributed by atoms with Gasteiger partial charge in [0.15, 0.2) is 0 Å². The highest BCUT2D eigenvalue weighted by Gasteiger charge is 2.16. The minimum Gasteiger partial charge on any atom is -0.507 e. The summed E-state index contributed by atoms with van der Waals surface area (Å²) in [6.45, 7) is 12.5. The molecule has 1 aromatic carbocycles. The Labute approximate surface area is 197 Å². The molecular formula is C30H46O2. The highest BCUT2D eigenvalue weighted by atomic mass is 16.3. The van der Waals surface area contributed by atoms with Crippen molar-refractivity contribution in [3.63, 3.8) is 0 Å². The molecule has 1 aliphatic rings. The molecule has 0 aliphatic heterocycles. The Hall–Kier alpha value is -1.96. The summed E-state index contributed by atoms with van der Waals surface area (Å²) in [6, 6.07) is 0. The minimum atomic E-state index is 0.334. The molecule has 0 bridgehead atoms. The van der Waals surface area contributed by atoms with Crippen LogP contribution in [0.15, 0.2) is 34.9 Å². The molecule has 2 N–H and O–H groups in total. The van der Waals surface area contributed by atoms with Crippen molar-refractivity contribution in [1.82, 2.24) is 0 Å². The largest absolute Gasteiger partial charge is 0.507 e. The van der Waals surface area contributed by atoms with Crippen molar-refractivity contribution in [3.8, 4) is 11.5 Å². The zero-order valence-electron chi connectivity index (χ0n) is 21.5. The maximum Gasteiger partial charge on any atom is 0.122 e. The molecule has 1 aromatic rings. The van der Waals surface area contributed by atoms with Crippen LogP contribution in [0.2, 0.25) is 0 Å². The zero-order chi connectivity index (χ0) is 23.7. The number of hydrogen-bond acceptors (Lipinski definition) is 2. The van der Waals surface area contributed by atoms with Gasteiger partial charge in [-0.25, -0.2) is 0 Å². The van der Waals surface area contributed by atoms with Crippen molar-refractivity contribution in [2.24, 2.45) is 5.92 Å². The molecule has 1 atom stereocenters. The lowest BCUT2D eigenvalue weighted by molar-refractivity contribution is 0.435. The van der Waals surface area contributed by atoms with Gasteiger partial charge in [-0.05, 0) is 128 Å². The third-order valence-electron chi connectivity index (χ3n) is 7.40. The van der Waals surface area contributed by atoms with Crippen LogP contribution in [-0.4, -0.2) is 10.2 Å². The van der Waals surface area contributed by atoms with Crippen molar-refractivity contribution in [3.05, 3.63) is 57.2 Å². The van der Waals surface area contributed by atoms with Gasteiger partial charge in [0, 0.05) is 5.56 Å². The number of aromatic hydroxyl groups is 2. The first-order valence-corrected chi connectivity index (χ1v) is 12.7. The fraction of sp³-hybridized carbons (Fsp3) is 0.600. The Balaban J connectivity index is 1.69. The van der Waals surface area contributed by atoms with E-state index in [1.807, 2.05) is 20.8 Å². The first kappa shape index (κ1) is 26.3. The number of hydrogen-bond donors (Lipinski definition) is 2. The SMILES string of the molecule is C/C(=C\CC/C(C)=C/CC[C@H](C)CCc1c(C)c(O)c(C)c(C)c1O)CCC=C1CCC1. The smallest absolute Gasteiger partial charge is 0.122 e. The summed E-state index contributed by atoms with van der Waals surface area (Å²) in [5.41, 5.74) is 8.02. The lowest BCUT2D eigenvalue weighted by atomic mass is 9.91. The van der Waals surface area contributed by atoms with E-state index in [2.05, 4.69) is 39.0 Å². The van der Waals surface area contributed by atoms with Crippen molar-refractivity contribution < 1.29 is 10.2 Å². The van der Waals surface area contributed by atoms with Crippen LogP contribution in [0.3, 0.4) is 0 Å². The molecule has 2 nitrogen and oxygen atoms in total. The standard InChI is InChI=1S/C30H46O2/c1-21(11-7-12-22(2)15-9-16-27-17-10-18-27)13-8-14-23(3)19-20-28-26(6)29(31)24(4)25(5)30(28)32/h12-13,16,23,31-32H,7-11,14-15,17-20H2,1-6H3/b21-13+,22-12+/t23-/m0/s1. The van der Waals surface area contributed by atoms with Crippen LogP contribution in [0, 0.1) is 26.7 Å². The molecule has 1 saturated carbocycles. The summed E-state index contributed by atoms with van der Waals surface area (Å²) in [4.78, 5) is 0. The van der Waals surface area contributed by atoms with Gasteiger partial charge in [-0.15, -0.1) is 0 Å². The Bertz CT molecular complexity index is 819. The first-order valence-electron chi connectivity index (χ1n) is 12.7. The molecule has 0 unspecified atom stereocenters. The maximum absolute atomic E-state index is 10.5. The molecule has 2 rings (SSSR count). The molecule has 178 valence electrons. The summed E-state index contributed by atoms with van der Waals surface area (Å²) in [5, 5.41) is 20.8. The Morgan fingerprint density at radius 3 is 2.03 bits per heavy atom. The Morgan fingerprint density at radius 2 is 1.41 bits per heavy atom. The Kier molecular flexibility index (Phi) is 10.6. The van der Waals surface area contributed by atoms with E-state index in [-0.39, 0.29) is 0 Å². The van der Waals surface area contributed by atoms with E-state index in [0.717, 1.165) is 60.8 Å². The number of allylic oxidation sites excluding steroid dienone is 6. The predicted octanol–water partition coefficient (Wildman–Crippen LogP) is 8.94. The second kappa shape index (κ2) is 12.9. The lowest BCUT2D eigenvalue weighted by Gasteiger charge is -2.17. The van der Waals surface area contributed by atoms with Crippen LogP contribution in [0.5, 0.6) is 11.5 Å². The van der Waals surface area contributed by atoms with Gasteiger partial charge in [0.05, 0.1) is 0 Å². The van der Waals surface area contributed by atoms with Crippen LogP contribution < -0.4 is 0 Å². The second-order valence-corrected chi connectivity index (χ2v) is 10.2. The second-order valence-electron chi connectivity index (χ2n) is 10.2. The van der Waals surface area contributed by atoms with Crippen molar-refractivity contribution in [2.45, 2.75) is 112 Å². The first-order chi connectivity index (χ1) is 15.2. The average molecular weight is 439 g/mol. The molecule has 0 radical (unpaired) electrons. The van der Waals surface area contributed by atoms with Gasteiger partial charge >= 0.3 is 0 Å². The fourth-order valence-electron chi connectivity index (χ4n) is 4.48. The van der Waals surface area contributed by atoms with Crippen LogP contribution in [0.4, 0.5) is 0 Å². The van der Waals surface area contributed by atoms with E-state index in [0.29, 0.717) is 17.4 Å². The Morgan fingerprint density at radius 1 is 0.812 bits per heavy atom. The lowest BCUT2D eigenvalue weighted by Crippen LogP contribution is -2.01. The van der Waals surface area contributed by atoms with E-state index in [1.54, 1.807) is 5.57 Å². The van der Waals surface area contributed by atoms with Crippen LogP contribution >= 0.6 is 0 Å². The van der Waals surface area contributed by atoms with Crippen molar-refractivity contribution in [2.75, 3.05) is 0 Å². The van der Waals surface area contributed by atoms with E-state index >= 15 is 0 Å². The van der Waals surface area contributed by atoms with E-state index in [4.69, 9.17) is 0 Å². The number of benzene rings is 1. The highest BCUT2D eigenvalue weighted by molar-refractivity contribution is 5.56. The summed E-state index contributed by atoms with van der Waals surface area (Å²) in [5.74, 6) is 1.29. The van der Waals surface area contributed by atoms with Gasteiger partial charge < -0.3 is 10.2 Å². The van der Waals surface area contributed by atoms with Gasteiger partial charge in [0.2, 0.25) is 0 Å². The van der Waals surface area contributed by atoms with Crippen LogP contribution in [0.1, 0.15) is 107 Å². The quantitative estimate of drug-likeness (QED) is 0.252. The van der Waals surface area contributed by atoms with Gasteiger partial charge in [-0.3, -0.25) is 0 Å². The minimum absolute atomic E-state index is 0.334. The molecule has 1 aliphatic carbocycles. The van der Waals surface area contributed by atoms with Gasteiger partial charge in [0.1, 0.15) is 11.5 Å². The van der Waals surface area contributed by atoms with Gasteiger partial charge in [-0.1, -0.05) is 41.9 Å². The van der Waals surface area contributed by atoms with Crippen molar-refractivity contribution >= 4 is 0 Å². The van der Waals surface area contributed by atoms with Crippen molar-refractivity contribution in [1.29, 1.82) is 0 Å². The molecule has 0 heterocycles. The zero-order valence-corrected chi connectivity index (χ0v) is 21.5. The van der Waals surface area contributed by atoms with Crippen LogP contribution in [0.25, 0.3) is 0 Å². The third-order valence-corrected chi connectivity index (χ3v) is 7.40.